The molecule has 4 nitrogen and oxygen atoms in total. The smallest absolute Gasteiger partial charge is 0.310 e. The van der Waals surface area contributed by atoms with E-state index in [1.165, 1.54) is 0 Å². The van der Waals surface area contributed by atoms with Crippen molar-refractivity contribution in [2.45, 2.75) is 38.1 Å². The first-order valence-electron chi connectivity index (χ1n) is 10.9. The number of benzene rings is 3. The minimum Gasteiger partial charge on any atom is -0.481 e. The van der Waals surface area contributed by atoms with E-state index in [0.29, 0.717) is 6.61 Å². The van der Waals surface area contributed by atoms with E-state index >= 15 is 0 Å². The standard InChI is InChI=1S/C27H26F2O4/c28-27(29)26-25(32-18-22-14-8-3-9-15-22)24(31-17-21-12-6-2-7-13-21)23(33-26)19-30-16-20-10-4-1-5-11-20/h1-15,23-25H,16-19H2/t23-,24?,25?/m1/s1. The highest BCUT2D eigenvalue weighted by atomic mass is 19.3. The normalized spacial score (nSPS) is 19.9. The van der Waals surface area contributed by atoms with E-state index in [-0.39, 0.29) is 19.8 Å². The lowest BCUT2D eigenvalue weighted by atomic mass is 10.1. The zero-order valence-corrected chi connectivity index (χ0v) is 18.1. The van der Waals surface area contributed by atoms with Gasteiger partial charge in [-0.25, -0.2) is 0 Å². The van der Waals surface area contributed by atoms with E-state index in [1.54, 1.807) is 0 Å². The van der Waals surface area contributed by atoms with Gasteiger partial charge in [-0.05, 0) is 16.7 Å². The maximum atomic E-state index is 13.8. The molecule has 1 saturated heterocycles. The molecule has 172 valence electrons. The topological polar surface area (TPSA) is 36.9 Å². The Morgan fingerprint density at radius 3 is 1.67 bits per heavy atom. The Morgan fingerprint density at radius 2 is 1.15 bits per heavy atom. The van der Waals surface area contributed by atoms with Gasteiger partial charge in [-0.1, -0.05) is 91.0 Å². The van der Waals surface area contributed by atoms with Gasteiger partial charge in [0.1, 0.15) is 6.10 Å². The van der Waals surface area contributed by atoms with Crippen molar-refractivity contribution in [1.29, 1.82) is 0 Å². The molecule has 1 fully saturated rings. The third-order valence-electron chi connectivity index (χ3n) is 5.34. The Balaban J connectivity index is 1.48. The lowest BCUT2D eigenvalue weighted by Crippen LogP contribution is -2.37. The van der Waals surface area contributed by atoms with Gasteiger partial charge in [-0.15, -0.1) is 0 Å². The Kier molecular flexibility index (Phi) is 8.19. The average Bonchev–Trinajstić information content (AvgIpc) is 3.21. The van der Waals surface area contributed by atoms with E-state index in [4.69, 9.17) is 18.9 Å². The highest BCUT2D eigenvalue weighted by Gasteiger charge is 2.46. The summed E-state index contributed by atoms with van der Waals surface area (Å²) in [5.74, 6) is -0.489. The van der Waals surface area contributed by atoms with Gasteiger partial charge in [0, 0.05) is 0 Å². The van der Waals surface area contributed by atoms with Crippen LogP contribution in [0.2, 0.25) is 0 Å². The van der Waals surface area contributed by atoms with Crippen LogP contribution in [0, 0.1) is 0 Å². The van der Waals surface area contributed by atoms with Gasteiger partial charge in [-0.3, -0.25) is 0 Å². The molecule has 2 unspecified atom stereocenters. The van der Waals surface area contributed by atoms with Crippen LogP contribution in [-0.2, 0) is 38.8 Å². The van der Waals surface area contributed by atoms with E-state index in [1.807, 2.05) is 91.0 Å². The molecule has 3 aromatic rings. The van der Waals surface area contributed by atoms with Crippen molar-refractivity contribution in [3.05, 3.63) is 120 Å². The van der Waals surface area contributed by atoms with Gasteiger partial charge in [0.25, 0.3) is 0 Å². The van der Waals surface area contributed by atoms with Crippen molar-refractivity contribution in [2.75, 3.05) is 6.61 Å². The lowest BCUT2D eigenvalue weighted by Gasteiger charge is -2.22. The van der Waals surface area contributed by atoms with Crippen LogP contribution < -0.4 is 0 Å². The molecule has 1 aliphatic rings. The van der Waals surface area contributed by atoms with Gasteiger partial charge in [0.15, 0.2) is 18.0 Å². The van der Waals surface area contributed by atoms with Gasteiger partial charge < -0.3 is 18.9 Å². The van der Waals surface area contributed by atoms with Crippen LogP contribution in [0.3, 0.4) is 0 Å². The summed E-state index contributed by atoms with van der Waals surface area (Å²) >= 11 is 0. The predicted octanol–water partition coefficient (Wildman–Crippen LogP) is 5.88. The summed E-state index contributed by atoms with van der Waals surface area (Å²) in [7, 11) is 0. The molecule has 0 aromatic heterocycles. The summed E-state index contributed by atoms with van der Waals surface area (Å²) in [5.41, 5.74) is 2.80. The summed E-state index contributed by atoms with van der Waals surface area (Å²) < 4.78 is 51.0. The van der Waals surface area contributed by atoms with Crippen molar-refractivity contribution in [1.82, 2.24) is 0 Å². The second-order valence-corrected chi connectivity index (χ2v) is 7.76. The minimum absolute atomic E-state index is 0.0936. The molecular formula is C27H26F2O4. The maximum Gasteiger partial charge on any atom is 0.310 e. The van der Waals surface area contributed by atoms with E-state index in [0.717, 1.165) is 16.7 Å². The van der Waals surface area contributed by atoms with Crippen LogP contribution in [-0.4, -0.2) is 24.9 Å². The van der Waals surface area contributed by atoms with Crippen LogP contribution in [0.5, 0.6) is 0 Å². The predicted molar refractivity (Wildman–Crippen MR) is 120 cm³/mol. The molecule has 0 bridgehead atoms. The molecule has 0 spiro atoms. The molecule has 33 heavy (non-hydrogen) atoms. The first-order valence-corrected chi connectivity index (χ1v) is 10.9. The lowest BCUT2D eigenvalue weighted by molar-refractivity contribution is -0.0894. The monoisotopic (exact) mass is 452 g/mol. The first-order chi connectivity index (χ1) is 16.2. The van der Waals surface area contributed by atoms with Crippen LogP contribution in [0.15, 0.2) is 103 Å². The number of ether oxygens (including phenoxy) is 4. The number of halogens is 2. The number of hydrogen-bond acceptors (Lipinski definition) is 4. The van der Waals surface area contributed by atoms with E-state index in [2.05, 4.69) is 0 Å². The van der Waals surface area contributed by atoms with Gasteiger partial charge in [-0.2, -0.15) is 8.78 Å². The van der Waals surface area contributed by atoms with E-state index in [9.17, 15) is 8.78 Å². The van der Waals surface area contributed by atoms with E-state index < -0.39 is 30.2 Å². The fourth-order valence-electron chi connectivity index (χ4n) is 3.68. The third kappa shape index (κ3) is 6.48. The molecular weight excluding hydrogens is 426 g/mol. The highest BCUT2D eigenvalue weighted by molar-refractivity contribution is 5.17. The highest BCUT2D eigenvalue weighted by Crippen LogP contribution is 2.34. The molecule has 0 N–H and O–H groups in total. The molecule has 1 aliphatic heterocycles. The molecule has 4 rings (SSSR count). The Morgan fingerprint density at radius 1 is 0.667 bits per heavy atom. The maximum absolute atomic E-state index is 13.8. The molecule has 3 atom stereocenters. The Labute approximate surface area is 192 Å². The van der Waals surface area contributed by atoms with Crippen LogP contribution in [0.4, 0.5) is 8.78 Å². The zero-order chi connectivity index (χ0) is 22.9. The second kappa shape index (κ2) is 11.7. The van der Waals surface area contributed by atoms with Crippen LogP contribution >= 0.6 is 0 Å². The number of rotatable bonds is 10. The second-order valence-electron chi connectivity index (χ2n) is 7.76. The third-order valence-corrected chi connectivity index (χ3v) is 5.34. The molecule has 0 radical (unpaired) electrons. The fourth-order valence-corrected chi connectivity index (χ4v) is 3.68. The first kappa shape index (κ1) is 23.1. The summed E-state index contributed by atoms with van der Waals surface area (Å²) in [5, 5.41) is 0. The minimum atomic E-state index is -1.91. The fraction of sp³-hybridized carbons (Fsp3) is 0.259. The van der Waals surface area contributed by atoms with Crippen molar-refractivity contribution < 1.29 is 27.7 Å². The summed E-state index contributed by atoms with van der Waals surface area (Å²) in [6.45, 7) is 0.847. The van der Waals surface area contributed by atoms with Crippen molar-refractivity contribution in [2.24, 2.45) is 0 Å². The molecule has 0 aliphatic carbocycles. The molecule has 3 aromatic carbocycles. The van der Waals surface area contributed by atoms with Gasteiger partial charge in [0.2, 0.25) is 0 Å². The largest absolute Gasteiger partial charge is 0.481 e. The summed E-state index contributed by atoms with van der Waals surface area (Å²) in [6.07, 6.45) is -4.42. The van der Waals surface area contributed by atoms with Gasteiger partial charge >= 0.3 is 6.08 Å². The molecule has 0 amide bonds. The van der Waals surface area contributed by atoms with Crippen LogP contribution in [0.1, 0.15) is 16.7 Å². The van der Waals surface area contributed by atoms with Crippen LogP contribution in [0.25, 0.3) is 0 Å². The molecule has 1 heterocycles. The van der Waals surface area contributed by atoms with Crippen molar-refractivity contribution in [3.8, 4) is 0 Å². The Bertz CT molecular complexity index is 1010. The van der Waals surface area contributed by atoms with Crippen molar-refractivity contribution in [3.63, 3.8) is 0 Å². The Hall–Kier alpha value is -3.06. The quantitative estimate of drug-likeness (QED) is 0.385. The zero-order valence-electron chi connectivity index (χ0n) is 18.1. The molecule has 6 heteroatoms. The summed E-state index contributed by atoms with van der Waals surface area (Å²) in [4.78, 5) is 0. The van der Waals surface area contributed by atoms with Crippen molar-refractivity contribution >= 4 is 0 Å². The van der Waals surface area contributed by atoms with Gasteiger partial charge in [0.05, 0.1) is 26.4 Å². The average molecular weight is 452 g/mol. The number of hydrogen-bond donors (Lipinski definition) is 0. The molecule has 0 saturated carbocycles. The summed E-state index contributed by atoms with van der Waals surface area (Å²) in [6, 6.07) is 28.6. The SMILES string of the molecule is FC(F)=C1O[C@H](COCc2ccccc2)C(OCc2ccccc2)C1OCc1ccccc1.